The van der Waals surface area contributed by atoms with E-state index in [1.54, 1.807) is 0 Å². The van der Waals surface area contributed by atoms with E-state index in [0.717, 1.165) is 0 Å². The van der Waals surface area contributed by atoms with Crippen LogP contribution >= 0.6 is 0 Å². The summed E-state index contributed by atoms with van der Waals surface area (Å²) >= 11 is 0. The van der Waals surface area contributed by atoms with Crippen molar-refractivity contribution in [1.29, 1.82) is 0 Å². The fraction of sp³-hybridized carbons (Fsp3) is 0.800. The van der Waals surface area contributed by atoms with Gasteiger partial charge in [-0.15, -0.1) is 0 Å². The topological polar surface area (TPSA) is 0 Å². The molecule has 1 heteroatoms. The van der Waals surface area contributed by atoms with Crippen molar-refractivity contribution < 1.29 is 20.4 Å². The second-order valence-electron chi connectivity index (χ2n) is 1.000. The Morgan fingerprint density at radius 2 is 1.17 bits per heavy atom. The van der Waals surface area contributed by atoms with E-state index in [2.05, 4.69) is 13.8 Å². The van der Waals surface area contributed by atoms with Crippen LogP contribution in [0.15, 0.2) is 0 Å². The first kappa shape index (κ1) is 15.9. The number of unbranched alkanes of at least 4 members (excludes halogenated alkanes) is 1. The van der Waals surface area contributed by atoms with Gasteiger partial charge in [-0.05, 0) is 0 Å². The molecule has 1 radical (unpaired) electrons. The van der Waals surface area contributed by atoms with Gasteiger partial charge in [0.1, 0.15) is 0 Å². The van der Waals surface area contributed by atoms with Gasteiger partial charge >= 0.3 is 0 Å². The Morgan fingerprint density at radius 1 is 1.00 bits per heavy atom. The van der Waals surface area contributed by atoms with Crippen LogP contribution in [0.1, 0.15) is 26.7 Å². The predicted molar refractivity (Wildman–Crippen MR) is 27.0 cm³/mol. The molecule has 0 saturated heterocycles. The predicted octanol–water partition coefficient (Wildman–Crippen LogP) is 2.25. The summed E-state index contributed by atoms with van der Waals surface area (Å²) in [6.45, 7) is 4.36. The third-order valence-electron chi connectivity index (χ3n) is 0.500. The van der Waals surface area contributed by atoms with Crippen molar-refractivity contribution in [3.05, 3.63) is 7.43 Å². The van der Waals surface area contributed by atoms with E-state index < -0.39 is 0 Å². The minimum absolute atomic E-state index is 0. The Kier molecular flexibility index (Phi) is 46.1. The Labute approximate surface area is 55.0 Å². The zero-order valence-corrected chi connectivity index (χ0v) is 7.51. The maximum absolute atomic E-state index is 2.18. The molecule has 0 atom stereocenters. The van der Waals surface area contributed by atoms with Gasteiger partial charge in [-0.25, -0.2) is 0 Å². The molecule has 0 rings (SSSR count). The maximum Gasteiger partial charge on any atom is 0 e. The van der Waals surface area contributed by atoms with Crippen molar-refractivity contribution in [1.82, 2.24) is 0 Å². The SMILES string of the molecule is CCCC.[CH3-].[Re]. The van der Waals surface area contributed by atoms with Crippen molar-refractivity contribution in [3.8, 4) is 0 Å². The first-order valence-electron chi connectivity index (χ1n) is 1.91. The monoisotopic (exact) mass is 260 g/mol. The van der Waals surface area contributed by atoms with E-state index in [0.29, 0.717) is 0 Å². The first-order valence-corrected chi connectivity index (χ1v) is 1.91. The van der Waals surface area contributed by atoms with Crippen LogP contribution in [0.5, 0.6) is 0 Å². The normalized spacial score (nSPS) is 5.00. The molecule has 0 aromatic rings. The Bertz CT molecular complexity index is 5.90. The molecule has 0 aliphatic carbocycles. The van der Waals surface area contributed by atoms with Gasteiger partial charge in [0.05, 0.1) is 0 Å². The molecule has 0 aliphatic heterocycles. The largest absolute Gasteiger partial charge is 0.358 e. The van der Waals surface area contributed by atoms with Crippen LogP contribution in [-0.4, -0.2) is 0 Å². The van der Waals surface area contributed by atoms with Gasteiger partial charge in [0.25, 0.3) is 0 Å². The van der Waals surface area contributed by atoms with Gasteiger partial charge < -0.3 is 7.43 Å². The van der Waals surface area contributed by atoms with E-state index >= 15 is 0 Å². The molecule has 6 heavy (non-hydrogen) atoms. The minimum Gasteiger partial charge on any atom is -0.358 e. The Hall–Kier alpha value is 0.662. The molecule has 0 N–H and O–H groups in total. The molecule has 41 valence electrons. The summed E-state index contributed by atoms with van der Waals surface area (Å²) in [7, 11) is 0. The summed E-state index contributed by atoms with van der Waals surface area (Å²) in [4.78, 5) is 0. The van der Waals surface area contributed by atoms with E-state index in [9.17, 15) is 0 Å². The maximum atomic E-state index is 2.18. The van der Waals surface area contributed by atoms with Crippen LogP contribution in [0.3, 0.4) is 0 Å². The summed E-state index contributed by atoms with van der Waals surface area (Å²) in [5.74, 6) is 0. The number of hydrogen-bond donors (Lipinski definition) is 0. The van der Waals surface area contributed by atoms with Crippen molar-refractivity contribution >= 4 is 0 Å². The zero-order chi connectivity index (χ0) is 3.41. The summed E-state index contributed by atoms with van der Waals surface area (Å²) in [6.07, 6.45) is 2.64. The van der Waals surface area contributed by atoms with Crippen LogP contribution in [0.25, 0.3) is 0 Å². The summed E-state index contributed by atoms with van der Waals surface area (Å²) in [5, 5.41) is 0. The molecule has 0 aliphatic rings. The second-order valence-corrected chi connectivity index (χ2v) is 1.000. The van der Waals surface area contributed by atoms with Gasteiger partial charge in [0, 0.05) is 20.4 Å². The quantitative estimate of drug-likeness (QED) is 0.634. The first-order chi connectivity index (χ1) is 1.91. The third-order valence-corrected chi connectivity index (χ3v) is 0.500. The molecule has 0 heterocycles. The summed E-state index contributed by atoms with van der Waals surface area (Å²) in [6, 6.07) is 0. The molecule has 0 nitrogen and oxygen atoms in total. The number of rotatable bonds is 1. The van der Waals surface area contributed by atoms with Crippen LogP contribution in [0.2, 0.25) is 0 Å². The van der Waals surface area contributed by atoms with E-state index in [-0.39, 0.29) is 27.8 Å². The third kappa shape index (κ3) is 22.6. The van der Waals surface area contributed by atoms with Crippen molar-refractivity contribution in [2.45, 2.75) is 26.7 Å². The van der Waals surface area contributed by atoms with Crippen molar-refractivity contribution in [2.24, 2.45) is 0 Å². The van der Waals surface area contributed by atoms with Gasteiger partial charge in [0.2, 0.25) is 0 Å². The average molecular weight is 259 g/mol. The van der Waals surface area contributed by atoms with E-state index in [1.165, 1.54) is 12.8 Å². The van der Waals surface area contributed by atoms with Crippen molar-refractivity contribution in [2.75, 3.05) is 0 Å². The molecular formula is C5H13Re-. The standard InChI is InChI=1S/C4H10.CH3.Re/c1-3-4-2;;/h3-4H2,1-2H3;1H3;/q;-1;. The van der Waals surface area contributed by atoms with Gasteiger partial charge in [-0.2, -0.15) is 0 Å². The number of hydrogen-bond acceptors (Lipinski definition) is 0. The second kappa shape index (κ2) is 17.4. The molecule has 0 aromatic carbocycles. The van der Waals surface area contributed by atoms with Crippen LogP contribution < -0.4 is 0 Å². The molecule has 0 spiro atoms. The van der Waals surface area contributed by atoms with Crippen LogP contribution in [-0.2, 0) is 20.4 Å². The Morgan fingerprint density at radius 3 is 1.17 bits per heavy atom. The summed E-state index contributed by atoms with van der Waals surface area (Å²) < 4.78 is 0. The van der Waals surface area contributed by atoms with Gasteiger partial charge in [-0.3, -0.25) is 0 Å². The molecule has 0 unspecified atom stereocenters. The minimum atomic E-state index is 0. The van der Waals surface area contributed by atoms with Crippen LogP contribution in [0.4, 0.5) is 0 Å². The molecule has 0 fully saturated rings. The summed E-state index contributed by atoms with van der Waals surface area (Å²) in [5.41, 5.74) is 0. The molecule has 0 saturated carbocycles. The van der Waals surface area contributed by atoms with Gasteiger partial charge in [-0.1, -0.05) is 26.7 Å². The smallest absolute Gasteiger partial charge is 0 e. The van der Waals surface area contributed by atoms with Crippen molar-refractivity contribution in [3.63, 3.8) is 0 Å². The molecule has 0 amide bonds. The molecular weight excluding hydrogens is 246 g/mol. The van der Waals surface area contributed by atoms with Gasteiger partial charge in [0.15, 0.2) is 0 Å². The van der Waals surface area contributed by atoms with Crippen LogP contribution in [0, 0.1) is 7.43 Å². The fourth-order valence-electron chi connectivity index (χ4n) is 0. The van der Waals surface area contributed by atoms with E-state index in [4.69, 9.17) is 0 Å². The van der Waals surface area contributed by atoms with E-state index in [1.807, 2.05) is 0 Å². The fourth-order valence-corrected chi connectivity index (χ4v) is 0. The zero-order valence-electron chi connectivity index (χ0n) is 4.79. The molecule has 0 bridgehead atoms. The average Bonchev–Trinajstić information content (AvgIpc) is 1.37. The molecule has 0 aromatic heterocycles. The Balaban J connectivity index is -0.0000000450.